The fourth-order valence-electron chi connectivity index (χ4n) is 1.66. The van der Waals surface area contributed by atoms with E-state index in [-0.39, 0.29) is 5.75 Å². The third kappa shape index (κ3) is 3.74. The minimum Gasteiger partial charge on any atom is -0.406 e. The van der Waals surface area contributed by atoms with Gasteiger partial charge in [-0.3, -0.25) is 0 Å². The summed E-state index contributed by atoms with van der Waals surface area (Å²) in [7, 11) is 0. The van der Waals surface area contributed by atoms with Crippen LogP contribution in [0.25, 0.3) is 0 Å². The van der Waals surface area contributed by atoms with Gasteiger partial charge in [-0.05, 0) is 46.6 Å². The number of benzene rings is 1. The van der Waals surface area contributed by atoms with E-state index in [2.05, 4.69) is 20.7 Å². The van der Waals surface area contributed by atoms with Gasteiger partial charge >= 0.3 is 6.36 Å². The molecule has 2 aromatic rings. The Hall–Kier alpha value is -1.05. The largest absolute Gasteiger partial charge is 0.573 e. The molecule has 20 heavy (non-hydrogen) atoms. The molecule has 0 bridgehead atoms. The van der Waals surface area contributed by atoms with Crippen LogP contribution in [0.15, 0.2) is 34.8 Å². The first kappa shape index (κ1) is 15.3. The van der Waals surface area contributed by atoms with Crippen LogP contribution in [-0.2, 0) is 0 Å². The van der Waals surface area contributed by atoms with Crippen LogP contribution in [0.1, 0.15) is 21.4 Å². The van der Waals surface area contributed by atoms with Crippen molar-refractivity contribution in [2.45, 2.75) is 19.4 Å². The zero-order chi connectivity index (χ0) is 14.9. The Morgan fingerprint density at radius 2 is 2.00 bits per heavy atom. The van der Waals surface area contributed by atoms with Crippen molar-refractivity contribution in [2.75, 3.05) is 0 Å². The Balaban J connectivity index is 2.26. The van der Waals surface area contributed by atoms with Gasteiger partial charge in [0.2, 0.25) is 0 Å². The normalized spacial score (nSPS) is 13.3. The molecule has 1 heterocycles. The van der Waals surface area contributed by atoms with Gasteiger partial charge in [0.15, 0.2) is 0 Å². The number of hydrogen-bond acceptors (Lipinski definition) is 3. The van der Waals surface area contributed by atoms with Gasteiger partial charge in [-0.15, -0.1) is 24.5 Å². The highest BCUT2D eigenvalue weighted by molar-refractivity contribution is 9.10. The van der Waals surface area contributed by atoms with E-state index in [1.807, 2.05) is 6.92 Å². The van der Waals surface area contributed by atoms with Crippen LogP contribution in [0.3, 0.4) is 0 Å². The number of hydrogen-bond donors (Lipinski definition) is 1. The number of ether oxygens (including phenoxy) is 1. The lowest BCUT2D eigenvalue weighted by Gasteiger charge is -2.12. The Bertz CT molecular complexity index is 590. The summed E-state index contributed by atoms with van der Waals surface area (Å²) in [6, 6.07) is 7.09. The molecule has 2 rings (SSSR count). The first-order valence-corrected chi connectivity index (χ1v) is 7.17. The molecule has 0 saturated carbocycles. The monoisotopic (exact) mass is 366 g/mol. The maximum Gasteiger partial charge on any atom is 0.573 e. The van der Waals surface area contributed by atoms with Gasteiger partial charge < -0.3 is 9.84 Å². The molecule has 0 radical (unpaired) electrons. The van der Waals surface area contributed by atoms with Crippen LogP contribution in [0, 0.1) is 6.92 Å². The third-order valence-corrected chi connectivity index (χ3v) is 4.74. The molecule has 0 amide bonds. The number of aryl methyl sites for hydroxylation is 1. The molecular formula is C13H10BrF3O2S. The molecule has 2 nitrogen and oxygen atoms in total. The molecule has 7 heteroatoms. The van der Waals surface area contributed by atoms with Crippen molar-refractivity contribution >= 4 is 27.3 Å². The van der Waals surface area contributed by atoms with Crippen LogP contribution in [-0.4, -0.2) is 11.5 Å². The fraction of sp³-hybridized carbons (Fsp3) is 0.231. The van der Waals surface area contributed by atoms with Crippen molar-refractivity contribution < 1.29 is 23.0 Å². The van der Waals surface area contributed by atoms with Crippen molar-refractivity contribution in [3.63, 3.8) is 0 Å². The van der Waals surface area contributed by atoms with Gasteiger partial charge in [0.1, 0.15) is 11.9 Å². The van der Waals surface area contributed by atoms with Crippen LogP contribution in [0.4, 0.5) is 13.2 Å². The minimum atomic E-state index is -4.74. The lowest BCUT2D eigenvalue weighted by atomic mass is 10.1. The van der Waals surface area contributed by atoms with Gasteiger partial charge in [-0.25, -0.2) is 0 Å². The highest BCUT2D eigenvalue weighted by Gasteiger charge is 2.31. The summed E-state index contributed by atoms with van der Waals surface area (Å²) in [5, 5.41) is 10.2. The number of rotatable bonds is 3. The van der Waals surface area contributed by atoms with E-state index >= 15 is 0 Å². The zero-order valence-corrected chi connectivity index (χ0v) is 12.6. The van der Waals surface area contributed by atoms with E-state index in [1.165, 1.54) is 29.5 Å². The van der Waals surface area contributed by atoms with E-state index in [1.54, 1.807) is 12.1 Å². The van der Waals surface area contributed by atoms with Crippen molar-refractivity contribution in [1.29, 1.82) is 0 Å². The minimum absolute atomic E-state index is 0.346. The molecular weight excluding hydrogens is 357 g/mol. The highest BCUT2D eigenvalue weighted by atomic mass is 79.9. The Kier molecular flexibility index (Phi) is 4.41. The first-order chi connectivity index (χ1) is 9.26. The van der Waals surface area contributed by atoms with Crippen molar-refractivity contribution in [3.05, 3.63) is 50.1 Å². The molecule has 0 aliphatic rings. The Labute approximate surface area is 125 Å². The number of alkyl halides is 3. The molecule has 1 N–H and O–H groups in total. The van der Waals surface area contributed by atoms with Gasteiger partial charge in [-0.1, -0.05) is 12.1 Å². The fourth-order valence-corrected chi connectivity index (χ4v) is 3.24. The summed E-state index contributed by atoms with van der Waals surface area (Å²) in [6.45, 7) is 1.88. The van der Waals surface area contributed by atoms with Crippen LogP contribution in [0.5, 0.6) is 5.75 Å². The molecule has 0 aliphatic heterocycles. The lowest BCUT2D eigenvalue weighted by molar-refractivity contribution is -0.274. The molecule has 1 aromatic heterocycles. The standard InChI is InChI=1S/C13H10BrF3O2S/c1-7-10(14)6-11(20-7)12(18)8-3-2-4-9(5-8)19-13(15,16)17/h2-6,12,18H,1H3. The maximum absolute atomic E-state index is 12.2. The number of thiophene rings is 1. The molecule has 1 unspecified atom stereocenters. The average molecular weight is 367 g/mol. The predicted molar refractivity (Wildman–Crippen MR) is 73.9 cm³/mol. The van der Waals surface area contributed by atoms with E-state index in [4.69, 9.17) is 0 Å². The molecule has 1 aromatic carbocycles. The number of aliphatic hydroxyl groups is 1. The third-order valence-electron chi connectivity index (χ3n) is 2.55. The zero-order valence-electron chi connectivity index (χ0n) is 10.2. The second-order valence-electron chi connectivity index (χ2n) is 4.08. The summed E-state index contributed by atoms with van der Waals surface area (Å²) in [6.07, 6.45) is -5.73. The first-order valence-electron chi connectivity index (χ1n) is 5.56. The van der Waals surface area contributed by atoms with Crippen molar-refractivity contribution in [1.82, 2.24) is 0 Å². The molecule has 108 valence electrons. The SMILES string of the molecule is Cc1sc(C(O)c2cccc(OC(F)(F)F)c2)cc1Br. The number of aliphatic hydroxyl groups excluding tert-OH is 1. The Morgan fingerprint density at radius 3 is 2.55 bits per heavy atom. The van der Waals surface area contributed by atoms with Crippen molar-refractivity contribution in [3.8, 4) is 5.75 Å². The summed E-state index contributed by atoms with van der Waals surface area (Å²) >= 11 is 4.71. The summed E-state index contributed by atoms with van der Waals surface area (Å²) in [5.41, 5.74) is 0.348. The topological polar surface area (TPSA) is 29.5 Å². The average Bonchev–Trinajstić information content (AvgIpc) is 2.67. The van der Waals surface area contributed by atoms with E-state index in [0.29, 0.717) is 10.4 Å². The highest BCUT2D eigenvalue weighted by Crippen LogP contribution is 2.35. The van der Waals surface area contributed by atoms with E-state index in [9.17, 15) is 18.3 Å². The predicted octanol–water partition coefficient (Wildman–Crippen LogP) is 4.80. The molecule has 0 fully saturated rings. The number of halogens is 4. The van der Waals surface area contributed by atoms with E-state index in [0.717, 1.165) is 9.35 Å². The lowest BCUT2D eigenvalue weighted by Crippen LogP contribution is -2.17. The van der Waals surface area contributed by atoms with Crippen LogP contribution >= 0.6 is 27.3 Å². The molecule has 0 aliphatic carbocycles. The Morgan fingerprint density at radius 1 is 1.30 bits per heavy atom. The molecule has 0 spiro atoms. The smallest absolute Gasteiger partial charge is 0.406 e. The summed E-state index contributed by atoms with van der Waals surface area (Å²) in [5.74, 6) is -0.346. The maximum atomic E-state index is 12.2. The van der Waals surface area contributed by atoms with E-state index < -0.39 is 12.5 Å². The quantitative estimate of drug-likeness (QED) is 0.845. The molecule has 0 saturated heterocycles. The summed E-state index contributed by atoms with van der Waals surface area (Å²) in [4.78, 5) is 1.64. The summed E-state index contributed by atoms with van der Waals surface area (Å²) < 4.78 is 41.2. The van der Waals surface area contributed by atoms with Gasteiger partial charge in [0.05, 0.1) is 0 Å². The van der Waals surface area contributed by atoms with Crippen LogP contribution in [0.2, 0.25) is 0 Å². The van der Waals surface area contributed by atoms with Crippen LogP contribution < -0.4 is 4.74 Å². The van der Waals surface area contributed by atoms with Gasteiger partial charge in [-0.2, -0.15) is 0 Å². The van der Waals surface area contributed by atoms with Gasteiger partial charge in [0, 0.05) is 14.2 Å². The second kappa shape index (κ2) is 5.75. The molecule has 1 atom stereocenters. The van der Waals surface area contributed by atoms with Crippen molar-refractivity contribution in [2.24, 2.45) is 0 Å². The second-order valence-corrected chi connectivity index (χ2v) is 6.22. The van der Waals surface area contributed by atoms with Gasteiger partial charge in [0.25, 0.3) is 0 Å².